The molecule has 0 saturated carbocycles. The van der Waals surface area contributed by atoms with Crippen molar-refractivity contribution in [3.8, 4) is 5.75 Å². The highest BCUT2D eigenvalue weighted by atomic mass is 16.5. The molecule has 0 amide bonds. The van der Waals surface area contributed by atoms with Crippen molar-refractivity contribution in [2.75, 3.05) is 32.1 Å². The number of anilines is 1. The molecule has 1 rings (SSSR count). The number of methoxy groups -OCH3 is 1. The van der Waals surface area contributed by atoms with E-state index in [9.17, 15) is 0 Å². The van der Waals surface area contributed by atoms with E-state index in [0.717, 1.165) is 18.0 Å². The van der Waals surface area contributed by atoms with Gasteiger partial charge in [0.15, 0.2) is 0 Å². The van der Waals surface area contributed by atoms with Crippen molar-refractivity contribution >= 4 is 5.69 Å². The van der Waals surface area contributed by atoms with Gasteiger partial charge in [-0.05, 0) is 37.5 Å². The number of rotatable bonds is 5. The fraction of sp³-hybridized carbons (Fsp3) is 0.571. The highest BCUT2D eigenvalue weighted by Crippen LogP contribution is 2.36. The van der Waals surface area contributed by atoms with E-state index in [1.807, 2.05) is 7.05 Å². The summed E-state index contributed by atoms with van der Waals surface area (Å²) in [7, 11) is 3.73. The van der Waals surface area contributed by atoms with Gasteiger partial charge in [-0.25, -0.2) is 0 Å². The Morgan fingerprint density at radius 1 is 1.28 bits per heavy atom. The molecule has 0 saturated heterocycles. The maximum atomic E-state index is 5.91. The van der Waals surface area contributed by atoms with Crippen LogP contribution in [0.25, 0.3) is 0 Å². The van der Waals surface area contributed by atoms with Gasteiger partial charge in [-0.1, -0.05) is 6.07 Å². The summed E-state index contributed by atoms with van der Waals surface area (Å²) in [5.74, 6) is 0.930. The summed E-state index contributed by atoms with van der Waals surface area (Å²) in [5.41, 5.74) is 16.2. The first-order chi connectivity index (χ1) is 8.42. The van der Waals surface area contributed by atoms with Crippen LogP contribution in [0.15, 0.2) is 6.07 Å². The van der Waals surface area contributed by atoms with Crippen LogP contribution >= 0.6 is 0 Å². The minimum absolute atomic E-state index is 0.0271. The van der Waals surface area contributed by atoms with E-state index < -0.39 is 0 Å². The van der Waals surface area contributed by atoms with Crippen molar-refractivity contribution in [1.82, 2.24) is 0 Å². The Morgan fingerprint density at radius 3 is 2.39 bits per heavy atom. The molecule has 0 bridgehead atoms. The first kappa shape index (κ1) is 14.8. The molecule has 4 N–H and O–H groups in total. The number of hydrogen-bond donors (Lipinski definition) is 2. The largest absolute Gasteiger partial charge is 0.494 e. The second-order valence-corrected chi connectivity index (χ2v) is 4.89. The Bertz CT molecular complexity index is 418. The molecule has 0 aliphatic rings. The third-order valence-corrected chi connectivity index (χ3v) is 3.35. The van der Waals surface area contributed by atoms with E-state index >= 15 is 0 Å². The number of aryl methyl sites for hydroxylation is 2. The molecule has 0 aliphatic carbocycles. The van der Waals surface area contributed by atoms with Crippen molar-refractivity contribution in [3.05, 3.63) is 22.8 Å². The lowest BCUT2D eigenvalue weighted by atomic mass is 10.0. The standard InChI is InChI=1S/C14H25N3O/c1-9-6-10(2)13(14(18-5)11(9)3)17(4)8-12(16)7-15/h6,12H,7-8,15-16H2,1-5H3. The summed E-state index contributed by atoms with van der Waals surface area (Å²) in [4.78, 5) is 2.12. The first-order valence-corrected chi connectivity index (χ1v) is 6.23. The minimum Gasteiger partial charge on any atom is -0.494 e. The first-order valence-electron chi connectivity index (χ1n) is 6.23. The number of likely N-dealkylation sites (N-methyl/N-ethyl adjacent to an activating group) is 1. The Kier molecular flexibility index (Phi) is 4.99. The average Bonchev–Trinajstić information content (AvgIpc) is 2.32. The molecule has 0 aromatic heterocycles. The van der Waals surface area contributed by atoms with E-state index in [1.54, 1.807) is 7.11 Å². The monoisotopic (exact) mass is 251 g/mol. The smallest absolute Gasteiger partial charge is 0.145 e. The molecule has 4 nitrogen and oxygen atoms in total. The van der Waals surface area contributed by atoms with Gasteiger partial charge in [-0.3, -0.25) is 0 Å². The fourth-order valence-electron chi connectivity index (χ4n) is 2.28. The summed E-state index contributed by atoms with van der Waals surface area (Å²) in [6, 6.07) is 2.15. The van der Waals surface area contributed by atoms with E-state index in [2.05, 4.69) is 31.7 Å². The number of ether oxygens (including phenoxy) is 1. The van der Waals surface area contributed by atoms with Gasteiger partial charge in [0.25, 0.3) is 0 Å². The van der Waals surface area contributed by atoms with Gasteiger partial charge < -0.3 is 21.1 Å². The van der Waals surface area contributed by atoms with E-state index in [4.69, 9.17) is 16.2 Å². The van der Waals surface area contributed by atoms with Crippen molar-refractivity contribution in [2.24, 2.45) is 11.5 Å². The highest BCUT2D eigenvalue weighted by molar-refractivity contribution is 5.67. The highest BCUT2D eigenvalue weighted by Gasteiger charge is 2.17. The van der Waals surface area contributed by atoms with Crippen LogP contribution in [0.1, 0.15) is 16.7 Å². The van der Waals surface area contributed by atoms with Crippen molar-refractivity contribution in [1.29, 1.82) is 0 Å². The van der Waals surface area contributed by atoms with Gasteiger partial charge in [0.1, 0.15) is 5.75 Å². The lowest BCUT2D eigenvalue weighted by molar-refractivity contribution is 0.410. The molecule has 0 spiro atoms. The van der Waals surface area contributed by atoms with Crippen molar-refractivity contribution in [3.63, 3.8) is 0 Å². The van der Waals surface area contributed by atoms with Gasteiger partial charge in [-0.2, -0.15) is 0 Å². The summed E-state index contributed by atoms with van der Waals surface area (Å²) in [6.45, 7) is 7.47. The van der Waals surface area contributed by atoms with Crippen LogP contribution in [0.4, 0.5) is 5.69 Å². The summed E-state index contributed by atoms with van der Waals surface area (Å²) in [6.07, 6.45) is 0. The zero-order chi connectivity index (χ0) is 13.9. The van der Waals surface area contributed by atoms with Crippen molar-refractivity contribution < 1.29 is 4.74 Å². The molecule has 0 heterocycles. The third-order valence-electron chi connectivity index (χ3n) is 3.35. The zero-order valence-electron chi connectivity index (χ0n) is 12.1. The molecule has 1 aromatic carbocycles. The Morgan fingerprint density at radius 2 is 1.89 bits per heavy atom. The predicted molar refractivity (Wildman–Crippen MR) is 77.5 cm³/mol. The topological polar surface area (TPSA) is 64.5 Å². The second kappa shape index (κ2) is 6.07. The van der Waals surface area contributed by atoms with Crippen LogP contribution in [0.5, 0.6) is 5.75 Å². The molecule has 0 fully saturated rings. The summed E-state index contributed by atoms with van der Waals surface area (Å²) >= 11 is 0. The molecule has 1 aromatic rings. The zero-order valence-corrected chi connectivity index (χ0v) is 12.1. The quantitative estimate of drug-likeness (QED) is 0.829. The number of benzene rings is 1. The van der Waals surface area contributed by atoms with E-state index in [1.165, 1.54) is 16.7 Å². The van der Waals surface area contributed by atoms with Crippen LogP contribution in [-0.2, 0) is 0 Å². The van der Waals surface area contributed by atoms with E-state index in [0.29, 0.717) is 6.54 Å². The molecule has 102 valence electrons. The minimum atomic E-state index is -0.0271. The molecule has 0 aliphatic heterocycles. The summed E-state index contributed by atoms with van der Waals surface area (Å²) < 4.78 is 5.56. The van der Waals surface area contributed by atoms with Crippen molar-refractivity contribution in [2.45, 2.75) is 26.8 Å². The fourth-order valence-corrected chi connectivity index (χ4v) is 2.28. The normalized spacial score (nSPS) is 12.4. The number of nitrogens with zero attached hydrogens (tertiary/aromatic N) is 1. The molecule has 4 heteroatoms. The molecular formula is C14H25N3O. The maximum Gasteiger partial charge on any atom is 0.145 e. The van der Waals surface area contributed by atoms with Crippen LogP contribution in [0.2, 0.25) is 0 Å². The molecule has 18 heavy (non-hydrogen) atoms. The lowest BCUT2D eigenvalue weighted by Crippen LogP contribution is -2.41. The van der Waals surface area contributed by atoms with Gasteiger partial charge in [0.2, 0.25) is 0 Å². The third kappa shape index (κ3) is 2.94. The van der Waals surface area contributed by atoms with Crippen LogP contribution in [0, 0.1) is 20.8 Å². The molecule has 0 radical (unpaired) electrons. The Hall–Kier alpha value is -1.26. The lowest BCUT2D eigenvalue weighted by Gasteiger charge is -2.27. The Balaban J connectivity index is 3.18. The van der Waals surface area contributed by atoms with Crippen LogP contribution in [-0.4, -0.2) is 33.3 Å². The number of hydrogen-bond acceptors (Lipinski definition) is 4. The van der Waals surface area contributed by atoms with Gasteiger partial charge in [-0.15, -0.1) is 0 Å². The Labute approximate surface area is 110 Å². The van der Waals surface area contributed by atoms with Gasteiger partial charge >= 0.3 is 0 Å². The van der Waals surface area contributed by atoms with Gasteiger partial charge in [0.05, 0.1) is 12.8 Å². The second-order valence-electron chi connectivity index (χ2n) is 4.89. The van der Waals surface area contributed by atoms with Gasteiger partial charge in [0, 0.05) is 26.2 Å². The average molecular weight is 251 g/mol. The maximum absolute atomic E-state index is 5.91. The number of nitrogens with two attached hydrogens (primary N) is 2. The van der Waals surface area contributed by atoms with E-state index in [-0.39, 0.29) is 6.04 Å². The molecule has 1 unspecified atom stereocenters. The predicted octanol–water partition coefficient (Wildman–Crippen LogP) is 1.34. The molecule has 1 atom stereocenters. The van der Waals surface area contributed by atoms with Crippen LogP contribution < -0.4 is 21.1 Å². The van der Waals surface area contributed by atoms with Crippen LogP contribution in [0.3, 0.4) is 0 Å². The summed E-state index contributed by atoms with van der Waals surface area (Å²) in [5, 5.41) is 0. The SMILES string of the molecule is COc1c(C)c(C)cc(C)c1N(C)CC(N)CN. The molecular weight excluding hydrogens is 226 g/mol.